The van der Waals surface area contributed by atoms with Crippen LogP contribution in [0.5, 0.6) is 0 Å². The number of benzene rings is 1. The Kier molecular flexibility index (Phi) is 4.71. The third-order valence-electron chi connectivity index (χ3n) is 3.03. The molecule has 0 fully saturated rings. The van der Waals surface area contributed by atoms with Crippen LogP contribution in [0.3, 0.4) is 0 Å². The molecule has 0 aliphatic carbocycles. The lowest BCUT2D eigenvalue weighted by Gasteiger charge is -2.07. The van der Waals surface area contributed by atoms with Crippen molar-refractivity contribution in [3.05, 3.63) is 41.1 Å². The topological polar surface area (TPSA) is 49.9 Å². The fourth-order valence-corrected chi connectivity index (χ4v) is 2.21. The summed E-state index contributed by atoms with van der Waals surface area (Å²) in [6, 6.07) is 6.54. The van der Waals surface area contributed by atoms with Crippen LogP contribution in [0.1, 0.15) is 16.7 Å². The fourth-order valence-electron chi connectivity index (χ4n) is 2.21. The lowest BCUT2D eigenvalue weighted by Crippen LogP contribution is -2.18. The van der Waals surface area contributed by atoms with Crippen molar-refractivity contribution in [3.63, 3.8) is 0 Å². The molecule has 2 rings (SSSR count). The number of nitrogens with zero attached hydrogens (tertiary/aromatic N) is 1. The number of aromatic nitrogens is 2. The van der Waals surface area contributed by atoms with Crippen LogP contribution in [0.25, 0.3) is 11.3 Å². The zero-order valence-corrected chi connectivity index (χ0v) is 11.8. The number of ether oxygens (including phenoxy) is 1. The fraction of sp³-hybridized carbons (Fsp3) is 0.400. The molecule has 0 unspecified atom stereocenters. The molecule has 0 aliphatic heterocycles. The van der Waals surface area contributed by atoms with Gasteiger partial charge in [-0.2, -0.15) is 5.10 Å². The molecule has 4 heteroatoms. The van der Waals surface area contributed by atoms with Gasteiger partial charge in [-0.05, 0) is 26.0 Å². The molecule has 0 spiro atoms. The third kappa shape index (κ3) is 3.66. The molecular formula is C15H21N3O. The van der Waals surface area contributed by atoms with Crippen molar-refractivity contribution in [1.82, 2.24) is 15.5 Å². The monoisotopic (exact) mass is 259 g/mol. The highest BCUT2D eigenvalue weighted by atomic mass is 16.5. The van der Waals surface area contributed by atoms with Gasteiger partial charge < -0.3 is 10.1 Å². The van der Waals surface area contributed by atoms with E-state index in [0.717, 1.165) is 25.4 Å². The Morgan fingerprint density at radius 3 is 2.63 bits per heavy atom. The summed E-state index contributed by atoms with van der Waals surface area (Å²) < 4.78 is 5.02. The molecule has 0 saturated heterocycles. The number of hydrogen-bond donors (Lipinski definition) is 2. The van der Waals surface area contributed by atoms with Gasteiger partial charge in [0.25, 0.3) is 0 Å². The van der Waals surface area contributed by atoms with Crippen molar-refractivity contribution >= 4 is 0 Å². The van der Waals surface area contributed by atoms with Gasteiger partial charge in [0.15, 0.2) is 0 Å². The van der Waals surface area contributed by atoms with Gasteiger partial charge in [0.05, 0.1) is 18.5 Å². The normalized spacial score (nSPS) is 10.9. The van der Waals surface area contributed by atoms with E-state index in [1.807, 2.05) is 6.20 Å². The van der Waals surface area contributed by atoms with Gasteiger partial charge in [0.1, 0.15) is 0 Å². The van der Waals surface area contributed by atoms with E-state index in [9.17, 15) is 0 Å². The zero-order valence-electron chi connectivity index (χ0n) is 11.8. The Morgan fingerprint density at radius 2 is 1.95 bits per heavy atom. The molecule has 19 heavy (non-hydrogen) atoms. The minimum atomic E-state index is 0.719. The first kappa shape index (κ1) is 13.8. The van der Waals surface area contributed by atoms with E-state index in [0.29, 0.717) is 0 Å². The maximum atomic E-state index is 5.02. The highest BCUT2D eigenvalue weighted by Crippen LogP contribution is 2.23. The summed E-state index contributed by atoms with van der Waals surface area (Å²) in [5.41, 5.74) is 6.00. The van der Waals surface area contributed by atoms with Gasteiger partial charge >= 0.3 is 0 Å². The number of rotatable bonds is 6. The summed E-state index contributed by atoms with van der Waals surface area (Å²) in [4.78, 5) is 0. The van der Waals surface area contributed by atoms with Crippen molar-refractivity contribution < 1.29 is 4.74 Å². The summed E-state index contributed by atoms with van der Waals surface area (Å²) in [7, 11) is 1.71. The van der Waals surface area contributed by atoms with Crippen LogP contribution < -0.4 is 5.32 Å². The van der Waals surface area contributed by atoms with Gasteiger partial charge in [-0.15, -0.1) is 0 Å². The zero-order chi connectivity index (χ0) is 13.7. The second-order valence-electron chi connectivity index (χ2n) is 4.82. The molecule has 0 atom stereocenters. The van der Waals surface area contributed by atoms with E-state index in [1.54, 1.807) is 7.11 Å². The maximum absolute atomic E-state index is 5.02. The molecule has 0 amide bonds. The van der Waals surface area contributed by atoms with Gasteiger partial charge in [0.2, 0.25) is 0 Å². The summed E-state index contributed by atoms with van der Waals surface area (Å²) in [6.07, 6.45) is 1.88. The molecule has 1 aromatic carbocycles. The van der Waals surface area contributed by atoms with E-state index >= 15 is 0 Å². The van der Waals surface area contributed by atoms with E-state index in [4.69, 9.17) is 4.74 Å². The van der Waals surface area contributed by atoms with Gasteiger partial charge in [-0.1, -0.05) is 17.2 Å². The maximum Gasteiger partial charge on any atom is 0.0695 e. The molecule has 1 heterocycles. The van der Waals surface area contributed by atoms with Crippen LogP contribution in [0.2, 0.25) is 0 Å². The third-order valence-corrected chi connectivity index (χ3v) is 3.03. The average molecular weight is 259 g/mol. The number of methoxy groups -OCH3 is 1. The Labute approximate surface area is 114 Å². The van der Waals surface area contributed by atoms with Gasteiger partial charge in [-0.3, -0.25) is 5.10 Å². The largest absolute Gasteiger partial charge is 0.383 e. The van der Waals surface area contributed by atoms with Gasteiger partial charge in [-0.25, -0.2) is 0 Å². The molecule has 0 saturated carbocycles. The molecule has 2 aromatic rings. The Balaban J connectivity index is 2.14. The van der Waals surface area contributed by atoms with Crippen molar-refractivity contribution in [2.45, 2.75) is 20.4 Å². The van der Waals surface area contributed by atoms with E-state index in [1.165, 1.54) is 22.3 Å². The van der Waals surface area contributed by atoms with Gasteiger partial charge in [0, 0.05) is 31.3 Å². The minimum absolute atomic E-state index is 0.719. The van der Waals surface area contributed by atoms with Crippen LogP contribution in [0.15, 0.2) is 24.4 Å². The van der Waals surface area contributed by atoms with Crippen LogP contribution in [0.4, 0.5) is 0 Å². The molecule has 0 aliphatic rings. The van der Waals surface area contributed by atoms with E-state index in [2.05, 4.69) is 47.6 Å². The molecule has 0 bridgehead atoms. The van der Waals surface area contributed by atoms with Crippen LogP contribution in [-0.4, -0.2) is 30.5 Å². The first-order chi connectivity index (χ1) is 9.20. The highest BCUT2D eigenvalue weighted by Gasteiger charge is 2.08. The average Bonchev–Trinajstić information content (AvgIpc) is 2.82. The van der Waals surface area contributed by atoms with Crippen molar-refractivity contribution in [1.29, 1.82) is 0 Å². The quantitative estimate of drug-likeness (QED) is 0.783. The van der Waals surface area contributed by atoms with Crippen molar-refractivity contribution in [2.24, 2.45) is 0 Å². The lowest BCUT2D eigenvalue weighted by atomic mass is 10.0. The molecule has 4 nitrogen and oxygen atoms in total. The standard InChI is InChI=1S/C15H21N3O/c1-11-6-12(2)8-13(7-11)15-14(10-17-18-15)9-16-4-5-19-3/h6-8,10,16H,4-5,9H2,1-3H3,(H,17,18). The molecule has 0 radical (unpaired) electrons. The second-order valence-corrected chi connectivity index (χ2v) is 4.82. The molecular weight excluding hydrogens is 238 g/mol. The minimum Gasteiger partial charge on any atom is -0.383 e. The lowest BCUT2D eigenvalue weighted by molar-refractivity contribution is 0.199. The van der Waals surface area contributed by atoms with E-state index < -0.39 is 0 Å². The van der Waals surface area contributed by atoms with E-state index in [-0.39, 0.29) is 0 Å². The predicted octanol–water partition coefficient (Wildman–Crippen LogP) is 2.43. The highest BCUT2D eigenvalue weighted by molar-refractivity contribution is 5.64. The SMILES string of the molecule is COCCNCc1cn[nH]c1-c1cc(C)cc(C)c1. The molecule has 102 valence electrons. The Hall–Kier alpha value is -1.65. The second kappa shape index (κ2) is 6.50. The predicted molar refractivity (Wildman–Crippen MR) is 77.1 cm³/mol. The summed E-state index contributed by atoms with van der Waals surface area (Å²) in [6.45, 7) is 6.58. The first-order valence-corrected chi connectivity index (χ1v) is 6.51. The summed E-state index contributed by atoms with van der Waals surface area (Å²) in [5.74, 6) is 0. The van der Waals surface area contributed by atoms with Crippen LogP contribution in [0, 0.1) is 13.8 Å². The Bertz CT molecular complexity index is 514. The number of aryl methyl sites for hydroxylation is 2. The number of hydrogen-bond acceptors (Lipinski definition) is 3. The molecule has 2 N–H and O–H groups in total. The van der Waals surface area contributed by atoms with Crippen LogP contribution >= 0.6 is 0 Å². The first-order valence-electron chi connectivity index (χ1n) is 6.51. The van der Waals surface area contributed by atoms with Crippen molar-refractivity contribution in [3.8, 4) is 11.3 Å². The molecule has 1 aromatic heterocycles. The smallest absolute Gasteiger partial charge is 0.0695 e. The van der Waals surface area contributed by atoms with Crippen LogP contribution in [-0.2, 0) is 11.3 Å². The van der Waals surface area contributed by atoms with Crippen molar-refractivity contribution in [2.75, 3.05) is 20.3 Å². The number of H-pyrrole nitrogens is 1. The Morgan fingerprint density at radius 1 is 1.21 bits per heavy atom. The number of nitrogens with one attached hydrogen (secondary N) is 2. The summed E-state index contributed by atoms with van der Waals surface area (Å²) in [5, 5.41) is 10.6. The summed E-state index contributed by atoms with van der Waals surface area (Å²) >= 11 is 0. The number of aromatic amines is 1.